The molecule has 3 aromatic rings. The van der Waals surface area contributed by atoms with E-state index in [1.807, 2.05) is 42.5 Å². The van der Waals surface area contributed by atoms with Crippen LogP contribution in [0.15, 0.2) is 60.8 Å². The van der Waals surface area contributed by atoms with Gasteiger partial charge in [0.05, 0.1) is 17.8 Å². The molecule has 0 radical (unpaired) electrons. The second-order valence-corrected chi connectivity index (χ2v) is 7.27. The molecule has 2 aromatic carbocycles. The molecule has 1 aromatic heterocycles. The molecule has 0 aliphatic carbocycles. The molecule has 150 valence electrons. The fourth-order valence-corrected chi connectivity index (χ4v) is 3.04. The Bertz CT molecular complexity index is 998. The third kappa shape index (κ3) is 5.03. The molecular formula is C22H22ClN3O3. The smallest absolute Gasteiger partial charge is 0.311 e. The predicted octanol–water partition coefficient (Wildman–Crippen LogP) is 3.76. The molecule has 0 saturated carbocycles. The van der Waals surface area contributed by atoms with E-state index >= 15 is 0 Å². The number of likely N-dealkylation sites (N-methyl/N-ethyl adjacent to an activating group) is 1. The van der Waals surface area contributed by atoms with E-state index in [9.17, 15) is 9.59 Å². The van der Waals surface area contributed by atoms with Crippen molar-refractivity contribution in [3.05, 3.63) is 71.4 Å². The van der Waals surface area contributed by atoms with Gasteiger partial charge >= 0.3 is 5.97 Å². The van der Waals surface area contributed by atoms with E-state index in [1.54, 1.807) is 44.0 Å². The third-order valence-electron chi connectivity index (χ3n) is 4.36. The van der Waals surface area contributed by atoms with Crippen molar-refractivity contribution >= 4 is 23.5 Å². The van der Waals surface area contributed by atoms with Crippen molar-refractivity contribution in [1.29, 1.82) is 0 Å². The zero-order valence-electron chi connectivity index (χ0n) is 16.5. The van der Waals surface area contributed by atoms with Crippen molar-refractivity contribution in [3.63, 3.8) is 0 Å². The Balaban J connectivity index is 1.90. The number of carbonyl (C=O) groups is 2. The number of para-hydroxylation sites is 1. The number of aromatic nitrogens is 2. The van der Waals surface area contributed by atoms with Crippen LogP contribution in [0.2, 0.25) is 5.02 Å². The number of ether oxygens (including phenoxy) is 1. The summed E-state index contributed by atoms with van der Waals surface area (Å²) in [6.45, 7) is 1.56. The quantitative estimate of drug-likeness (QED) is 0.579. The molecule has 3 rings (SSSR count). The van der Waals surface area contributed by atoms with Gasteiger partial charge in [-0.05, 0) is 31.2 Å². The molecule has 0 aliphatic heterocycles. The van der Waals surface area contributed by atoms with Crippen LogP contribution in [-0.4, -0.2) is 46.8 Å². The molecule has 1 amide bonds. The van der Waals surface area contributed by atoms with E-state index in [2.05, 4.69) is 5.10 Å². The molecule has 0 unspecified atom stereocenters. The fourth-order valence-electron chi connectivity index (χ4n) is 2.91. The summed E-state index contributed by atoms with van der Waals surface area (Å²) in [5.74, 6) is -0.758. The van der Waals surface area contributed by atoms with Crippen molar-refractivity contribution in [1.82, 2.24) is 14.7 Å². The normalized spacial score (nSPS) is 11.7. The van der Waals surface area contributed by atoms with E-state index in [-0.39, 0.29) is 12.3 Å². The maximum atomic E-state index is 12.5. The standard InChI is InChI=1S/C22H22ClN3O3/c1-15(22(28)25(2)3)29-20(27)13-17-14-26(19-7-5-4-6-8-19)24-21(17)16-9-11-18(23)12-10-16/h4-12,14-15H,13H2,1-3H3/t15-/m0/s1. The minimum atomic E-state index is -0.847. The number of rotatable bonds is 6. The minimum absolute atomic E-state index is 0.00413. The third-order valence-corrected chi connectivity index (χ3v) is 4.61. The summed E-state index contributed by atoms with van der Waals surface area (Å²) < 4.78 is 7.04. The first-order valence-corrected chi connectivity index (χ1v) is 9.53. The topological polar surface area (TPSA) is 64.4 Å². The summed E-state index contributed by atoms with van der Waals surface area (Å²) in [5, 5.41) is 5.29. The molecule has 0 fully saturated rings. The molecule has 0 spiro atoms. The minimum Gasteiger partial charge on any atom is -0.452 e. The van der Waals surface area contributed by atoms with Crippen molar-refractivity contribution in [2.75, 3.05) is 14.1 Å². The van der Waals surface area contributed by atoms with Crippen LogP contribution in [-0.2, 0) is 20.7 Å². The molecule has 1 heterocycles. The SMILES string of the molecule is C[C@H](OC(=O)Cc1cn(-c2ccccc2)nc1-c1ccc(Cl)cc1)C(=O)N(C)C. The number of carbonyl (C=O) groups excluding carboxylic acids is 2. The Morgan fingerprint density at radius 1 is 1.10 bits per heavy atom. The van der Waals surface area contributed by atoms with Gasteiger partial charge in [-0.25, -0.2) is 4.68 Å². The van der Waals surface area contributed by atoms with Crippen molar-refractivity contribution in [3.8, 4) is 16.9 Å². The number of esters is 1. The van der Waals surface area contributed by atoms with E-state index < -0.39 is 12.1 Å². The number of amides is 1. The van der Waals surface area contributed by atoms with Crippen LogP contribution >= 0.6 is 11.6 Å². The monoisotopic (exact) mass is 411 g/mol. The van der Waals surface area contributed by atoms with Gasteiger partial charge in [0.25, 0.3) is 5.91 Å². The Labute approximate surface area is 174 Å². The highest BCUT2D eigenvalue weighted by Crippen LogP contribution is 2.26. The Morgan fingerprint density at radius 3 is 2.38 bits per heavy atom. The number of nitrogens with zero attached hydrogens (tertiary/aromatic N) is 3. The average Bonchev–Trinajstić information content (AvgIpc) is 3.12. The summed E-state index contributed by atoms with van der Waals surface area (Å²) in [4.78, 5) is 25.8. The molecule has 0 saturated heterocycles. The molecule has 29 heavy (non-hydrogen) atoms. The second-order valence-electron chi connectivity index (χ2n) is 6.83. The Hall–Kier alpha value is -3.12. The highest BCUT2D eigenvalue weighted by atomic mass is 35.5. The highest BCUT2D eigenvalue weighted by Gasteiger charge is 2.22. The van der Waals surface area contributed by atoms with Gasteiger partial charge in [0.1, 0.15) is 0 Å². The summed E-state index contributed by atoms with van der Waals surface area (Å²) >= 11 is 6.00. The van der Waals surface area contributed by atoms with Crippen LogP contribution in [0, 0.1) is 0 Å². The lowest BCUT2D eigenvalue weighted by Crippen LogP contribution is -2.35. The molecular weight excluding hydrogens is 390 g/mol. The van der Waals surface area contributed by atoms with Crippen LogP contribution in [0.25, 0.3) is 16.9 Å². The summed E-state index contributed by atoms with van der Waals surface area (Å²) in [5.41, 5.74) is 3.07. The van der Waals surface area contributed by atoms with Crippen LogP contribution in [0.4, 0.5) is 0 Å². The summed E-state index contributed by atoms with van der Waals surface area (Å²) in [6, 6.07) is 16.9. The first kappa shape index (κ1) is 20.6. The zero-order valence-corrected chi connectivity index (χ0v) is 17.3. The van der Waals surface area contributed by atoms with Gasteiger partial charge in [-0.15, -0.1) is 0 Å². The van der Waals surface area contributed by atoms with Crippen LogP contribution < -0.4 is 0 Å². The first-order valence-electron chi connectivity index (χ1n) is 9.15. The number of halogens is 1. The fraction of sp³-hybridized carbons (Fsp3) is 0.227. The van der Waals surface area contributed by atoms with Gasteiger partial charge in [0, 0.05) is 36.4 Å². The summed E-state index contributed by atoms with van der Waals surface area (Å²) in [7, 11) is 3.24. The van der Waals surface area contributed by atoms with Crippen LogP contribution in [0.1, 0.15) is 12.5 Å². The lowest BCUT2D eigenvalue weighted by Gasteiger charge is -2.17. The lowest BCUT2D eigenvalue weighted by atomic mass is 10.1. The summed E-state index contributed by atoms with van der Waals surface area (Å²) in [6.07, 6.45) is 0.954. The van der Waals surface area contributed by atoms with Crippen molar-refractivity contribution in [2.45, 2.75) is 19.4 Å². The Kier molecular flexibility index (Phi) is 6.34. The van der Waals surface area contributed by atoms with Gasteiger partial charge in [-0.1, -0.05) is 41.9 Å². The molecule has 0 aliphatic rings. The Morgan fingerprint density at radius 2 is 1.76 bits per heavy atom. The molecule has 7 heteroatoms. The predicted molar refractivity (Wildman–Crippen MR) is 112 cm³/mol. The van der Waals surface area contributed by atoms with Gasteiger partial charge < -0.3 is 9.64 Å². The maximum Gasteiger partial charge on any atom is 0.311 e. The average molecular weight is 412 g/mol. The molecule has 6 nitrogen and oxygen atoms in total. The number of hydrogen-bond acceptors (Lipinski definition) is 4. The zero-order chi connectivity index (χ0) is 21.0. The van der Waals surface area contributed by atoms with Gasteiger partial charge in [-0.2, -0.15) is 5.10 Å². The first-order chi connectivity index (χ1) is 13.8. The van der Waals surface area contributed by atoms with Gasteiger partial charge in [0.15, 0.2) is 6.10 Å². The molecule has 1 atom stereocenters. The van der Waals surface area contributed by atoms with Crippen molar-refractivity contribution in [2.24, 2.45) is 0 Å². The van der Waals surface area contributed by atoms with E-state index in [1.165, 1.54) is 4.90 Å². The number of benzene rings is 2. The number of hydrogen-bond donors (Lipinski definition) is 0. The largest absolute Gasteiger partial charge is 0.452 e. The van der Waals surface area contributed by atoms with Gasteiger partial charge in [0.2, 0.25) is 0 Å². The van der Waals surface area contributed by atoms with Crippen LogP contribution in [0.5, 0.6) is 0 Å². The maximum absolute atomic E-state index is 12.5. The van der Waals surface area contributed by atoms with Crippen molar-refractivity contribution < 1.29 is 14.3 Å². The second kappa shape index (κ2) is 8.92. The van der Waals surface area contributed by atoms with Crippen LogP contribution in [0.3, 0.4) is 0 Å². The van der Waals surface area contributed by atoms with Gasteiger partial charge in [-0.3, -0.25) is 9.59 Å². The molecule has 0 bridgehead atoms. The highest BCUT2D eigenvalue weighted by molar-refractivity contribution is 6.30. The molecule has 0 N–H and O–H groups in total. The van der Waals surface area contributed by atoms with E-state index in [0.29, 0.717) is 16.3 Å². The van der Waals surface area contributed by atoms with E-state index in [0.717, 1.165) is 11.3 Å². The van der Waals surface area contributed by atoms with E-state index in [4.69, 9.17) is 16.3 Å². The lowest BCUT2D eigenvalue weighted by molar-refractivity contribution is -0.157.